The van der Waals surface area contributed by atoms with Gasteiger partial charge in [0.25, 0.3) is 0 Å². The molecule has 48 heteroatoms. The maximum absolute atomic E-state index is 15.8. The van der Waals surface area contributed by atoms with E-state index in [4.69, 9.17) is 11.5 Å². The Bertz CT molecular complexity index is 5590. The highest BCUT2D eigenvalue weighted by Crippen LogP contribution is 2.31. The number of nitrogens with two attached hydrogens (primary N) is 2. The van der Waals surface area contributed by atoms with Gasteiger partial charge in [-0.05, 0) is 129 Å². The maximum Gasteiger partial charge on any atom is 0.317 e. The van der Waals surface area contributed by atoms with Gasteiger partial charge in [0.1, 0.15) is 72.5 Å². The number of aliphatic hydroxyl groups excluding tert-OH is 1. The van der Waals surface area contributed by atoms with Crippen LogP contribution in [-0.2, 0) is 110 Å². The van der Waals surface area contributed by atoms with Crippen LogP contribution < -0.4 is 80.6 Å². The van der Waals surface area contributed by atoms with Gasteiger partial charge in [-0.2, -0.15) is 0 Å². The van der Waals surface area contributed by atoms with Crippen LogP contribution >= 0.6 is 21.6 Å². The third-order valence-electron chi connectivity index (χ3n) is 26.3. The highest BCUT2D eigenvalue weighted by atomic mass is 33.1. The molecule has 24 N–H and O–H groups in total. The fourth-order valence-corrected chi connectivity index (χ4v) is 20.3. The number of likely N-dealkylation sites (tertiary alicyclic amines) is 1. The number of aromatic amines is 2. The normalized spacial score (nSPS) is 21.5. The summed E-state index contributed by atoms with van der Waals surface area (Å²) in [5, 5.41) is 89.4. The van der Waals surface area contributed by atoms with Crippen molar-refractivity contribution in [1.29, 1.82) is 0 Å². The number of aromatic nitrogens is 2. The Labute approximate surface area is 844 Å². The van der Waals surface area contributed by atoms with Crippen LogP contribution in [0.1, 0.15) is 122 Å². The summed E-state index contributed by atoms with van der Waals surface area (Å²) < 4.78 is 0. The van der Waals surface area contributed by atoms with Crippen LogP contribution in [0, 0.1) is 11.3 Å². The number of piperidine rings is 1. The number of rotatable bonds is 39. The van der Waals surface area contributed by atoms with Crippen LogP contribution in [0.4, 0.5) is 0 Å². The summed E-state index contributed by atoms with van der Waals surface area (Å²) >= 11 is 0. The van der Waals surface area contributed by atoms with E-state index in [0.29, 0.717) is 65.3 Å². The number of carbonyl (C=O) groups is 19. The largest absolute Gasteiger partial charge is 0.481 e. The number of nitrogens with zero attached hydrogens (tertiary/aromatic N) is 5. The molecule has 0 radical (unpaired) electrons. The van der Waals surface area contributed by atoms with Gasteiger partial charge >= 0.3 is 23.9 Å². The molecule has 15 amide bonds. The zero-order valence-electron chi connectivity index (χ0n) is 81.7. The molecule has 0 bridgehead atoms. The Morgan fingerprint density at radius 2 is 1.03 bits per heavy atom. The molecule has 0 spiro atoms. The Balaban J connectivity index is 1.02. The first-order valence-corrected chi connectivity index (χ1v) is 51.0. The number of hydrogen-bond donors (Lipinski definition) is 22. The maximum atomic E-state index is 15.8. The van der Waals surface area contributed by atoms with Gasteiger partial charge in [0.2, 0.25) is 88.6 Å². The molecule has 4 aromatic carbocycles. The van der Waals surface area contributed by atoms with Gasteiger partial charge in [-0.1, -0.05) is 121 Å². The van der Waals surface area contributed by atoms with E-state index in [-0.39, 0.29) is 123 Å². The zero-order valence-corrected chi connectivity index (χ0v) is 83.4. The Morgan fingerprint density at radius 1 is 0.524 bits per heavy atom. The Kier molecular flexibility index (Phi) is 43.1. The predicted molar refractivity (Wildman–Crippen MR) is 535 cm³/mol. The number of carboxylic acids is 4. The number of aliphatic hydroxyl groups is 1. The molecule has 0 aliphatic carbocycles. The van der Waals surface area contributed by atoms with Crippen molar-refractivity contribution in [1.82, 2.24) is 104 Å². The van der Waals surface area contributed by atoms with E-state index < -0.39 is 253 Å². The zero-order chi connectivity index (χ0) is 105. The molecule has 10 rings (SSSR count). The van der Waals surface area contributed by atoms with Crippen molar-refractivity contribution in [3.05, 3.63) is 120 Å². The lowest BCUT2D eigenvalue weighted by molar-refractivity contribution is -0.142. The molecule has 0 saturated carbocycles. The van der Waals surface area contributed by atoms with Gasteiger partial charge < -0.3 is 121 Å². The fourth-order valence-electron chi connectivity index (χ4n) is 18.0. The van der Waals surface area contributed by atoms with Crippen molar-refractivity contribution in [2.75, 3.05) is 116 Å². The second kappa shape index (κ2) is 55.1. The molecule has 0 unspecified atom stereocenters. The third-order valence-corrected chi connectivity index (χ3v) is 28.8. The summed E-state index contributed by atoms with van der Waals surface area (Å²) in [4.78, 5) is 286. The minimum Gasteiger partial charge on any atom is -0.481 e. The second-order valence-electron chi connectivity index (χ2n) is 37.8. The number of nitrogens with one attached hydrogen (secondary N) is 15. The lowest BCUT2D eigenvalue weighted by Crippen LogP contribution is -2.64. The monoisotopic (exact) mass is 2050 g/mol. The van der Waals surface area contributed by atoms with Gasteiger partial charge in [-0.15, -0.1) is 0 Å². The number of hydrogen-bond acceptors (Lipinski definition) is 27. The van der Waals surface area contributed by atoms with E-state index in [2.05, 4.69) is 79.1 Å². The van der Waals surface area contributed by atoms with Gasteiger partial charge in [-0.25, -0.2) is 0 Å². The molecular formula is C97H134N22O24S2. The minimum absolute atomic E-state index is 0.0211. The van der Waals surface area contributed by atoms with Gasteiger partial charge in [0, 0.05) is 137 Å². The summed E-state index contributed by atoms with van der Waals surface area (Å²) in [6, 6.07) is 5.72. The van der Waals surface area contributed by atoms with Crippen LogP contribution in [0.5, 0.6) is 0 Å². The standard InChI is InChI=1S/C97H134N22O24S2/c1-6-97(4,5)84(114-94(141)83(55(2)120)113-91(138)70(104-56(3)121)43-61-47-102-65-20-11-9-18-63(61)65)95(142)112-75-54-145-144-53-74(93(140)110-73(96(143)119-31-15-23-76(119)85(99)132)44-62-48-103-66-21-12-10-19-64(62)66)111-90(137)72(46-79(124)125)109-86(133)67(22-13-14-28-101-78(123)49-115-32-34-116(50-80(126)127)36-38-118(52-82(130)131)39-37-117(35-33-115)51-81(128)129)105-87(134)69(42-58-24-25-59-16-7-8-17-60(59)40-58)106-89(136)71(45-77(98)122)108-88(135)68(107-92(75)139)41-57-26-29-100-30-27-57/h7-12,16-21,24-25,40,47-48,55,57,67-76,83-84,100,102-103,120H,6,13-15,22-23,26-39,41-46,49-54H2,1-5H3,(H2,98,122)(H2,99,132)(H,101,123)(H,104,121)(H,105,134)(H,106,136)(H,107,139)(H,108,135)(H,109,133)(H,110,140)(H,111,137)(H,112,142)(H,113,138)(H,114,141)(H,124,125)(H,126,127)(H,128,129)(H,130,131)/t55-,67+,68+,69+,70+,71+,72+,73+,74+,75+,76+,83+,84-/m1/s1. The van der Waals surface area contributed by atoms with E-state index in [0.717, 1.165) is 37.9 Å². The van der Waals surface area contributed by atoms with Crippen molar-refractivity contribution in [2.45, 2.75) is 203 Å². The number of H-pyrrole nitrogens is 2. The fraction of sp³-hybridized carbons (Fsp3) is 0.536. The third kappa shape index (κ3) is 35.0. The van der Waals surface area contributed by atoms with E-state index in [1.54, 1.807) is 138 Å². The van der Waals surface area contributed by atoms with Gasteiger partial charge in [-0.3, -0.25) is 111 Å². The smallest absolute Gasteiger partial charge is 0.317 e. The summed E-state index contributed by atoms with van der Waals surface area (Å²) in [6.45, 7) is 7.32. The Hall–Kier alpha value is -13.4. The number of benzene rings is 4. The van der Waals surface area contributed by atoms with Crippen LogP contribution in [-0.4, -0.2) is 367 Å². The molecular weight excluding hydrogens is 1920 g/mol. The number of primary amides is 2. The second-order valence-corrected chi connectivity index (χ2v) is 40.3. The number of carbonyl (C=O) groups excluding carboxylic acids is 15. The van der Waals surface area contributed by atoms with Crippen LogP contribution in [0.25, 0.3) is 32.6 Å². The molecule has 2 aromatic heterocycles. The molecule has 13 atom stereocenters. The topological polar surface area (TPSA) is 682 Å². The average Bonchev–Trinajstić information content (AvgIpc) is 1.56. The SMILES string of the molecule is CCC(C)(C)[C@H](NC(=O)[C@@H](NC(=O)[C@H](Cc1c[nH]c2ccccc12)NC(C)=O)[C@@H](C)O)C(=O)N[C@H]1CSSC[C@@H](C(=O)N[C@@H](Cc2c[nH]c3ccccc23)C(=O)N2CCC[C@H]2C(N)=O)NC(=O)[C@H](CC(=O)O)NC(=O)[C@H](CCCCNC(=O)CN2CCN(CC(=O)O)CCN(CC(=O)O)CCN(CC(=O)O)CC2)NC(=O)[C@H](Cc2ccc3ccccc3c2)NC(=O)[C@H](CC(N)=O)NC(=O)[C@H](CC2CCNCC2)NC1=O. The number of para-hydroxylation sites is 2. The van der Waals surface area contributed by atoms with E-state index in [1.807, 2.05) is 6.07 Å². The van der Waals surface area contributed by atoms with E-state index in [1.165, 1.54) is 18.7 Å². The number of unbranched alkanes of at least 4 members (excludes halogenated alkanes) is 1. The summed E-state index contributed by atoms with van der Waals surface area (Å²) in [5.74, 6) is -21.9. The Morgan fingerprint density at radius 3 is 1.59 bits per heavy atom. The van der Waals surface area contributed by atoms with Crippen molar-refractivity contribution >= 4 is 167 Å². The lowest BCUT2D eigenvalue weighted by atomic mass is 9.81. The van der Waals surface area contributed by atoms with E-state index >= 15 is 43.2 Å². The summed E-state index contributed by atoms with van der Waals surface area (Å²) in [7, 11) is 1.54. The molecule has 6 heterocycles. The summed E-state index contributed by atoms with van der Waals surface area (Å²) in [5.41, 5.74) is 13.4. The van der Waals surface area contributed by atoms with Crippen LogP contribution in [0.15, 0.2) is 103 Å². The first-order chi connectivity index (χ1) is 69.1. The van der Waals surface area contributed by atoms with E-state index in [9.17, 15) is 73.5 Å². The van der Waals surface area contributed by atoms with Crippen LogP contribution in [0.2, 0.25) is 0 Å². The van der Waals surface area contributed by atoms with Crippen molar-refractivity contribution < 1.29 is 117 Å². The quantitative estimate of drug-likeness (QED) is 0.0139. The average molecular weight is 2060 g/mol. The first-order valence-electron chi connectivity index (χ1n) is 48.5. The first kappa shape index (κ1) is 114. The van der Waals surface area contributed by atoms with Gasteiger partial charge in [0.15, 0.2) is 0 Å². The highest BCUT2D eigenvalue weighted by Gasteiger charge is 2.44. The molecule has 6 aromatic rings. The molecule has 4 fully saturated rings. The number of amides is 15. The number of carboxylic acid groups (broad SMARTS) is 4. The molecule has 145 heavy (non-hydrogen) atoms. The van der Waals surface area contributed by atoms with Crippen LogP contribution in [0.3, 0.4) is 0 Å². The number of fused-ring (bicyclic) bond motifs is 3. The molecule has 4 aliphatic rings. The summed E-state index contributed by atoms with van der Waals surface area (Å²) in [6.07, 6.45) is -0.497. The molecule has 4 aliphatic heterocycles. The highest BCUT2D eigenvalue weighted by molar-refractivity contribution is 8.76. The van der Waals surface area contributed by atoms with Crippen molar-refractivity contribution in [3.63, 3.8) is 0 Å². The molecule has 4 saturated heterocycles. The molecule has 46 nitrogen and oxygen atoms in total. The minimum atomic E-state index is -2.18. The van der Waals surface area contributed by atoms with Gasteiger partial charge in [0.05, 0.1) is 45.1 Å². The lowest BCUT2D eigenvalue weighted by Gasteiger charge is -2.35. The predicted octanol–water partition coefficient (Wildman–Crippen LogP) is -2.63. The number of aliphatic carboxylic acids is 4. The van der Waals surface area contributed by atoms with Crippen molar-refractivity contribution in [2.24, 2.45) is 22.8 Å². The molecule has 788 valence electrons. The van der Waals surface area contributed by atoms with Crippen molar-refractivity contribution in [3.8, 4) is 0 Å².